The molecule has 0 aromatic carbocycles. The van der Waals surface area contributed by atoms with Crippen molar-refractivity contribution < 1.29 is 16.0 Å². The lowest BCUT2D eigenvalue weighted by Gasteiger charge is -2.20. The normalized spacial score (nSPS) is 62.8. The van der Waals surface area contributed by atoms with E-state index in [0.29, 0.717) is 6.90 Å². The summed E-state index contributed by atoms with van der Waals surface area (Å²) in [7, 11) is 0. The molecule has 2 saturated carbocycles. The molecule has 3 heteroatoms. The molecule has 0 aromatic heterocycles. The van der Waals surface area contributed by atoms with Gasteiger partial charge in [-0.3, -0.25) is 0 Å². The Kier molecular flexibility index (Phi) is 1.08. The zero-order chi connectivity index (χ0) is 10.1. The van der Waals surface area contributed by atoms with Crippen molar-refractivity contribution in [3.8, 4) is 0 Å². The summed E-state index contributed by atoms with van der Waals surface area (Å²) in [6.07, 6.45) is 0.245. The molecule has 0 aromatic rings. The quantitative estimate of drug-likeness (QED) is 0.611. The number of fused-ring (bicyclic) bond motifs is 3. The molecule has 0 spiro atoms. The van der Waals surface area contributed by atoms with Crippen LogP contribution in [0, 0.1) is 11.3 Å². The zero-order valence-corrected chi connectivity index (χ0v) is 7.99. The highest BCUT2D eigenvalue weighted by Crippen LogP contribution is 2.67. The minimum atomic E-state index is -0.591. The van der Waals surface area contributed by atoms with Gasteiger partial charge in [0.15, 0.2) is 5.79 Å². The smallest absolute Gasteiger partial charge is 0.163 e. The third kappa shape index (κ3) is 0.853. The number of aliphatic hydroxyl groups excluding tert-OH is 1. The van der Waals surface area contributed by atoms with E-state index < -0.39 is 11.9 Å². The number of hydrogen-bond acceptors (Lipinski definition) is 3. The van der Waals surface area contributed by atoms with E-state index >= 15 is 0 Å². The molecule has 5 atom stereocenters. The van der Waals surface area contributed by atoms with Gasteiger partial charge in [0.25, 0.3) is 0 Å². The first kappa shape index (κ1) is 7.21. The minimum Gasteiger partial charge on any atom is -0.390 e. The largest absolute Gasteiger partial charge is 0.390 e. The van der Waals surface area contributed by atoms with E-state index in [2.05, 4.69) is 0 Å². The second-order valence-corrected chi connectivity index (χ2v) is 5.06. The first-order valence-corrected chi connectivity index (χ1v) is 4.83. The lowest BCUT2D eigenvalue weighted by molar-refractivity contribution is -0.166. The van der Waals surface area contributed by atoms with E-state index in [4.69, 9.17) is 10.8 Å². The van der Waals surface area contributed by atoms with Gasteiger partial charge in [0, 0.05) is 6.79 Å². The summed E-state index contributed by atoms with van der Waals surface area (Å²) in [6, 6.07) is 0. The van der Waals surface area contributed by atoms with Crippen LogP contribution in [0.1, 0.15) is 28.5 Å². The Bertz CT molecular complexity index is 281. The summed E-state index contributed by atoms with van der Waals surface area (Å²) in [6.45, 7) is 4.08. The van der Waals surface area contributed by atoms with Gasteiger partial charge in [0.2, 0.25) is 0 Å². The van der Waals surface area contributed by atoms with Gasteiger partial charge in [-0.15, -0.1) is 0 Å². The van der Waals surface area contributed by atoms with Crippen LogP contribution in [0.3, 0.4) is 0 Å². The van der Waals surface area contributed by atoms with Crippen LogP contribution in [0.5, 0.6) is 0 Å². The average Bonchev–Trinajstić information content (AvgIpc) is 2.71. The van der Waals surface area contributed by atoms with Crippen LogP contribution in [0.4, 0.5) is 0 Å². The fourth-order valence-corrected chi connectivity index (χ4v) is 2.85. The molecule has 2 aliphatic carbocycles. The molecule has 3 fully saturated rings. The maximum atomic E-state index is 9.95. The van der Waals surface area contributed by atoms with Crippen LogP contribution in [-0.4, -0.2) is 29.2 Å². The summed E-state index contributed by atoms with van der Waals surface area (Å²) in [5, 5.41) is 9.95. The van der Waals surface area contributed by atoms with E-state index in [-0.39, 0.29) is 23.5 Å². The van der Waals surface area contributed by atoms with Crippen LogP contribution in [0.15, 0.2) is 0 Å². The van der Waals surface area contributed by atoms with Crippen LogP contribution >= 0.6 is 0 Å². The average molecular weight is 186 g/mol. The Morgan fingerprint density at radius 3 is 2.92 bits per heavy atom. The molecule has 1 unspecified atom stereocenters. The maximum absolute atomic E-state index is 9.95. The van der Waals surface area contributed by atoms with Crippen molar-refractivity contribution >= 4 is 0 Å². The summed E-state index contributed by atoms with van der Waals surface area (Å²) in [5.41, 5.74) is -0.0994. The third-order valence-electron chi connectivity index (χ3n) is 3.62. The lowest BCUT2D eigenvalue weighted by atomic mass is 10.0. The fraction of sp³-hybridized carbons (Fsp3) is 1.00. The first-order valence-electron chi connectivity index (χ1n) is 5.54. The monoisotopic (exact) mass is 186 g/mol. The standard InChI is InChI=1S/C10H16O3/c1-9(2)12-7-6(11)5-4-10(5,3)8(7)13-9/h5-8,11H,4H2,1-3H3/t5-,6+,7-,8?,10-/m1/s1/i3T. The van der Waals surface area contributed by atoms with Crippen molar-refractivity contribution in [2.24, 2.45) is 11.3 Å². The molecule has 3 rings (SSSR count). The second kappa shape index (κ2) is 1.95. The molecule has 13 heavy (non-hydrogen) atoms. The number of aliphatic hydroxyl groups is 1. The predicted octanol–water partition coefficient (Wildman–Crippen LogP) is 0.907. The second-order valence-electron chi connectivity index (χ2n) is 5.06. The van der Waals surface area contributed by atoms with E-state index in [1.54, 1.807) is 0 Å². The molecule has 0 amide bonds. The Balaban J connectivity index is 1.91. The summed E-state index contributed by atoms with van der Waals surface area (Å²) >= 11 is 0. The topological polar surface area (TPSA) is 38.7 Å². The molecule has 0 bridgehead atoms. The van der Waals surface area contributed by atoms with Crippen LogP contribution in [0.2, 0.25) is 0 Å². The van der Waals surface area contributed by atoms with Crippen molar-refractivity contribution in [1.82, 2.24) is 0 Å². The van der Waals surface area contributed by atoms with Gasteiger partial charge in [-0.25, -0.2) is 0 Å². The molecule has 1 N–H and O–H groups in total. The van der Waals surface area contributed by atoms with Crippen molar-refractivity contribution in [3.63, 3.8) is 0 Å². The van der Waals surface area contributed by atoms with Crippen LogP contribution in [-0.2, 0) is 9.47 Å². The highest BCUT2D eigenvalue weighted by Gasteiger charge is 2.72. The van der Waals surface area contributed by atoms with Crippen molar-refractivity contribution in [2.75, 3.05) is 0 Å². The highest BCUT2D eigenvalue weighted by atomic mass is 16.8. The third-order valence-corrected chi connectivity index (χ3v) is 3.62. The van der Waals surface area contributed by atoms with Gasteiger partial charge < -0.3 is 14.6 Å². The molecule has 1 heterocycles. The molecule has 3 nitrogen and oxygen atoms in total. The van der Waals surface area contributed by atoms with E-state index in [9.17, 15) is 5.11 Å². The Labute approximate surface area is 79.4 Å². The molecule has 74 valence electrons. The number of ether oxygens (including phenoxy) is 2. The van der Waals surface area contributed by atoms with E-state index in [1.165, 1.54) is 0 Å². The summed E-state index contributed by atoms with van der Waals surface area (Å²) < 4.78 is 19.0. The predicted molar refractivity (Wildman–Crippen MR) is 46.0 cm³/mol. The van der Waals surface area contributed by atoms with Gasteiger partial charge in [-0.2, -0.15) is 0 Å². The number of rotatable bonds is 0. The Morgan fingerprint density at radius 1 is 1.46 bits per heavy atom. The Hall–Kier alpha value is -0.120. The Morgan fingerprint density at radius 2 is 2.23 bits per heavy atom. The van der Waals surface area contributed by atoms with E-state index in [0.717, 1.165) is 6.42 Å². The fourth-order valence-electron chi connectivity index (χ4n) is 2.85. The van der Waals surface area contributed by atoms with Crippen molar-refractivity contribution in [1.29, 1.82) is 0 Å². The maximum Gasteiger partial charge on any atom is 0.163 e. The molecule has 0 radical (unpaired) electrons. The molecule has 1 aliphatic heterocycles. The van der Waals surface area contributed by atoms with Gasteiger partial charge >= 0.3 is 0 Å². The van der Waals surface area contributed by atoms with Crippen molar-refractivity contribution in [2.45, 2.75) is 51.3 Å². The van der Waals surface area contributed by atoms with Crippen LogP contribution < -0.4 is 0 Å². The first-order chi connectivity index (χ1) is 6.50. The molecule has 3 aliphatic rings. The number of hydrogen-bond donors (Lipinski definition) is 1. The van der Waals surface area contributed by atoms with Gasteiger partial charge in [0.1, 0.15) is 6.10 Å². The summed E-state index contributed by atoms with van der Waals surface area (Å²) in [5.74, 6) is -0.349. The minimum absolute atomic E-state index is 0.0602. The summed E-state index contributed by atoms with van der Waals surface area (Å²) in [4.78, 5) is 0. The highest BCUT2D eigenvalue weighted by molar-refractivity contribution is 5.20. The van der Waals surface area contributed by atoms with Crippen LogP contribution in [0.25, 0.3) is 0 Å². The van der Waals surface area contributed by atoms with Gasteiger partial charge in [-0.1, -0.05) is 6.90 Å². The van der Waals surface area contributed by atoms with Gasteiger partial charge in [-0.05, 0) is 26.2 Å². The van der Waals surface area contributed by atoms with E-state index in [1.807, 2.05) is 13.8 Å². The zero-order valence-electron chi connectivity index (χ0n) is 8.99. The van der Waals surface area contributed by atoms with Gasteiger partial charge in [0.05, 0.1) is 12.2 Å². The lowest BCUT2D eigenvalue weighted by Crippen LogP contribution is -2.32. The molecule has 1 saturated heterocycles. The molecular formula is C10H16O3. The van der Waals surface area contributed by atoms with Crippen molar-refractivity contribution in [3.05, 3.63) is 0 Å². The molecular weight excluding hydrogens is 168 g/mol. The SMILES string of the molecule is [3H]C[C@@]12C[C@@H]1[C@H](O)[C@H]1OC(C)(C)OC12.